The molecule has 0 saturated carbocycles. The maximum absolute atomic E-state index is 5.69. The Morgan fingerprint density at radius 1 is 1.29 bits per heavy atom. The van der Waals surface area contributed by atoms with Gasteiger partial charge in [-0.2, -0.15) is 0 Å². The standard InChI is InChI=1S/C14H22N2O/c1-2-14(12-16-7-1)6-11-17-10-5-13-3-8-15-9-4-13/h3-4,8-9,14,16H,1-2,5-7,10-12H2. The van der Waals surface area contributed by atoms with Crippen LogP contribution < -0.4 is 5.32 Å². The maximum atomic E-state index is 5.69. The summed E-state index contributed by atoms with van der Waals surface area (Å²) in [5.74, 6) is 0.824. The lowest BCUT2D eigenvalue weighted by atomic mass is 9.97. The Kier molecular flexibility index (Phi) is 5.46. The van der Waals surface area contributed by atoms with E-state index >= 15 is 0 Å². The van der Waals surface area contributed by atoms with Crippen molar-refractivity contribution in [1.29, 1.82) is 0 Å². The van der Waals surface area contributed by atoms with Crippen LogP contribution in [0.3, 0.4) is 0 Å². The zero-order chi connectivity index (χ0) is 11.8. The van der Waals surface area contributed by atoms with Gasteiger partial charge in [-0.25, -0.2) is 0 Å². The summed E-state index contributed by atoms with van der Waals surface area (Å²) in [6, 6.07) is 4.10. The number of hydrogen-bond donors (Lipinski definition) is 1. The molecule has 3 heteroatoms. The van der Waals surface area contributed by atoms with Gasteiger partial charge < -0.3 is 10.1 Å². The van der Waals surface area contributed by atoms with E-state index in [2.05, 4.69) is 22.4 Å². The van der Waals surface area contributed by atoms with Crippen LogP contribution in [-0.2, 0) is 11.2 Å². The van der Waals surface area contributed by atoms with E-state index in [0.717, 1.165) is 25.6 Å². The molecule has 2 heterocycles. The minimum atomic E-state index is 0.824. The first-order valence-corrected chi connectivity index (χ1v) is 6.62. The van der Waals surface area contributed by atoms with Crippen LogP contribution in [0.1, 0.15) is 24.8 Å². The number of ether oxygens (including phenoxy) is 1. The van der Waals surface area contributed by atoms with Crippen LogP contribution in [0, 0.1) is 5.92 Å². The summed E-state index contributed by atoms with van der Waals surface area (Å²) < 4.78 is 5.69. The minimum absolute atomic E-state index is 0.824. The third kappa shape index (κ3) is 4.84. The van der Waals surface area contributed by atoms with Crippen molar-refractivity contribution in [1.82, 2.24) is 10.3 Å². The number of piperidine rings is 1. The molecule has 0 aromatic carbocycles. The lowest BCUT2D eigenvalue weighted by Crippen LogP contribution is -2.30. The number of hydrogen-bond acceptors (Lipinski definition) is 3. The molecule has 0 radical (unpaired) electrons. The van der Waals surface area contributed by atoms with Crippen LogP contribution in [0.25, 0.3) is 0 Å². The van der Waals surface area contributed by atoms with E-state index in [4.69, 9.17) is 4.74 Å². The van der Waals surface area contributed by atoms with Gasteiger partial charge in [0.05, 0.1) is 6.61 Å². The van der Waals surface area contributed by atoms with Crippen molar-refractivity contribution in [3.8, 4) is 0 Å². The Bertz CT molecular complexity index is 296. The fourth-order valence-corrected chi connectivity index (χ4v) is 2.26. The number of nitrogens with one attached hydrogen (secondary N) is 1. The Morgan fingerprint density at radius 3 is 2.94 bits per heavy atom. The van der Waals surface area contributed by atoms with E-state index in [1.165, 1.54) is 37.9 Å². The van der Waals surface area contributed by atoms with Gasteiger partial charge in [0.1, 0.15) is 0 Å². The van der Waals surface area contributed by atoms with Crippen molar-refractivity contribution in [2.45, 2.75) is 25.7 Å². The molecule has 0 spiro atoms. The summed E-state index contributed by atoms with van der Waals surface area (Å²) >= 11 is 0. The van der Waals surface area contributed by atoms with Gasteiger partial charge in [-0.1, -0.05) is 0 Å². The summed E-state index contributed by atoms with van der Waals surface area (Å²) in [5.41, 5.74) is 1.30. The number of rotatable bonds is 6. The van der Waals surface area contributed by atoms with E-state index in [-0.39, 0.29) is 0 Å². The smallest absolute Gasteiger partial charge is 0.0506 e. The Hall–Kier alpha value is -0.930. The molecule has 3 nitrogen and oxygen atoms in total. The first-order chi connectivity index (χ1) is 8.45. The van der Waals surface area contributed by atoms with Crippen molar-refractivity contribution in [2.24, 2.45) is 5.92 Å². The highest BCUT2D eigenvalue weighted by atomic mass is 16.5. The summed E-state index contributed by atoms with van der Waals surface area (Å²) in [4.78, 5) is 4.00. The van der Waals surface area contributed by atoms with Crippen LogP contribution in [0.2, 0.25) is 0 Å². The van der Waals surface area contributed by atoms with E-state index < -0.39 is 0 Å². The largest absolute Gasteiger partial charge is 0.381 e. The topological polar surface area (TPSA) is 34.1 Å². The second-order valence-electron chi connectivity index (χ2n) is 4.72. The van der Waals surface area contributed by atoms with Crippen LogP contribution in [0.15, 0.2) is 24.5 Å². The van der Waals surface area contributed by atoms with Crippen molar-refractivity contribution < 1.29 is 4.74 Å². The average Bonchev–Trinajstić information content (AvgIpc) is 2.41. The van der Waals surface area contributed by atoms with Gasteiger partial charge in [0.15, 0.2) is 0 Å². The lowest BCUT2D eigenvalue weighted by molar-refractivity contribution is 0.118. The Morgan fingerprint density at radius 2 is 2.18 bits per heavy atom. The molecule has 1 fully saturated rings. The second-order valence-corrected chi connectivity index (χ2v) is 4.72. The van der Waals surface area contributed by atoms with Crippen LogP contribution in [0.4, 0.5) is 0 Å². The van der Waals surface area contributed by atoms with Crippen LogP contribution >= 0.6 is 0 Å². The highest BCUT2D eigenvalue weighted by molar-refractivity contribution is 5.09. The molecule has 0 amide bonds. The number of nitrogens with zero attached hydrogens (tertiary/aromatic N) is 1. The van der Waals surface area contributed by atoms with Crippen molar-refractivity contribution >= 4 is 0 Å². The van der Waals surface area contributed by atoms with Gasteiger partial charge in [-0.15, -0.1) is 0 Å². The predicted molar refractivity (Wildman–Crippen MR) is 69.0 cm³/mol. The average molecular weight is 234 g/mol. The quantitative estimate of drug-likeness (QED) is 0.765. The molecule has 94 valence electrons. The van der Waals surface area contributed by atoms with Gasteiger partial charge in [0.25, 0.3) is 0 Å². The van der Waals surface area contributed by atoms with Gasteiger partial charge in [0, 0.05) is 19.0 Å². The SMILES string of the molecule is c1cc(CCOCCC2CCCNC2)ccn1. The molecular weight excluding hydrogens is 212 g/mol. The molecule has 1 unspecified atom stereocenters. The highest BCUT2D eigenvalue weighted by Crippen LogP contribution is 2.13. The summed E-state index contributed by atoms with van der Waals surface area (Å²) in [5, 5.41) is 3.44. The first kappa shape index (κ1) is 12.5. The predicted octanol–water partition coefficient (Wildman–Crippen LogP) is 2.03. The normalized spacial score (nSPS) is 20.4. The fraction of sp³-hybridized carbons (Fsp3) is 0.643. The summed E-state index contributed by atoms with van der Waals surface area (Å²) in [7, 11) is 0. The zero-order valence-corrected chi connectivity index (χ0v) is 10.4. The van der Waals surface area contributed by atoms with Crippen LogP contribution in [-0.4, -0.2) is 31.3 Å². The van der Waals surface area contributed by atoms with Crippen molar-refractivity contribution in [2.75, 3.05) is 26.3 Å². The van der Waals surface area contributed by atoms with Crippen LogP contribution in [0.5, 0.6) is 0 Å². The summed E-state index contributed by atoms with van der Waals surface area (Å²) in [6.45, 7) is 4.09. The molecule has 1 saturated heterocycles. The lowest BCUT2D eigenvalue weighted by Gasteiger charge is -2.22. The Balaban J connectivity index is 1.51. The molecule has 17 heavy (non-hydrogen) atoms. The molecule has 2 rings (SSSR count). The van der Waals surface area contributed by atoms with Crippen molar-refractivity contribution in [3.63, 3.8) is 0 Å². The maximum Gasteiger partial charge on any atom is 0.0506 e. The molecule has 1 aromatic heterocycles. The van der Waals surface area contributed by atoms with Gasteiger partial charge in [0.2, 0.25) is 0 Å². The monoisotopic (exact) mass is 234 g/mol. The summed E-state index contributed by atoms with van der Waals surface area (Å²) in [6.07, 6.45) is 8.54. The van der Waals surface area contributed by atoms with Gasteiger partial charge in [-0.05, 0) is 62.4 Å². The van der Waals surface area contributed by atoms with E-state index in [0.29, 0.717) is 0 Å². The highest BCUT2D eigenvalue weighted by Gasteiger charge is 2.11. The fourth-order valence-electron chi connectivity index (χ4n) is 2.26. The molecule has 1 aliphatic heterocycles. The zero-order valence-electron chi connectivity index (χ0n) is 10.4. The molecule has 0 aliphatic carbocycles. The second kappa shape index (κ2) is 7.41. The third-order valence-corrected chi connectivity index (χ3v) is 3.35. The van der Waals surface area contributed by atoms with E-state index in [9.17, 15) is 0 Å². The van der Waals surface area contributed by atoms with Crippen molar-refractivity contribution in [3.05, 3.63) is 30.1 Å². The number of pyridine rings is 1. The van der Waals surface area contributed by atoms with E-state index in [1.54, 1.807) is 0 Å². The van der Waals surface area contributed by atoms with Gasteiger partial charge in [-0.3, -0.25) is 4.98 Å². The molecule has 0 bridgehead atoms. The third-order valence-electron chi connectivity index (χ3n) is 3.35. The molecular formula is C14H22N2O. The molecule has 1 atom stereocenters. The Labute approximate surface area is 104 Å². The molecule has 1 aromatic rings. The molecule has 1 aliphatic rings. The minimum Gasteiger partial charge on any atom is -0.381 e. The van der Waals surface area contributed by atoms with Gasteiger partial charge >= 0.3 is 0 Å². The molecule has 1 N–H and O–H groups in total. The van der Waals surface area contributed by atoms with E-state index in [1.807, 2.05) is 12.4 Å². The number of aromatic nitrogens is 1. The first-order valence-electron chi connectivity index (χ1n) is 6.62.